The summed E-state index contributed by atoms with van der Waals surface area (Å²) in [5, 5.41) is 12.1. The Labute approximate surface area is 286 Å². The highest BCUT2D eigenvalue weighted by Crippen LogP contribution is 2.53. The minimum Gasteiger partial charge on any atom is -0.481 e. The summed E-state index contributed by atoms with van der Waals surface area (Å²) in [7, 11) is 7.26. The lowest BCUT2D eigenvalue weighted by molar-refractivity contribution is -0.159. The molecule has 3 saturated carbocycles. The van der Waals surface area contributed by atoms with Crippen LogP contribution >= 0.6 is 0 Å². The van der Waals surface area contributed by atoms with Crippen LogP contribution < -0.4 is 5.32 Å². The summed E-state index contributed by atoms with van der Waals surface area (Å²) in [5.41, 5.74) is -0.130. The van der Waals surface area contributed by atoms with Crippen LogP contribution in [0.2, 0.25) is 0 Å². The standard InChI is InChI=1S/C14H24N2O3.C12H19NO4.C9H16N2O/c1-13(2,3)19-12(18)16-8-14(9-16)6-10(7-14)11(17)15(4)5;1-11(2,3)17-10(16)13-6-12(7-13)4-8(5-12)9(14)15;1-11(2)8(12)7-3-9(4-7)5-10-6-9/h10H,6-9H2,1-5H3;8H,4-7H2,1-3H3,(H,14,15);7,10H,3-6H2,1-2H3. The van der Waals surface area contributed by atoms with E-state index in [9.17, 15) is 24.0 Å². The molecule has 0 unspecified atom stereocenters. The molecule has 0 bridgehead atoms. The molecule has 3 aliphatic carbocycles. The number of aliphatic carboxylic acids is 1. The van der Waals surface area contributed by atoms with Crippen molar-refractivity contribution in [2.45, 2.75) is 91.3 Å². The van der Waals surface area contributed by atoms with E-state index in [1.54, 1.807) is 33.7 Å². The van der Waals surface area contributed by atoms with E-state index in [2.05, 4.69) is 5.32 Å². The first-order valence-electron chi connectivity index (χ1n) is 17.3. The molecule has 3 saturated heterocycles. The quantitative estimate of drug-likeness (QED) is 0.458. The van der Waals surface area contributed by atoms with Crippen molar-refractivity contribution in [3.63, 3.8) is 0 Å². The predicted octanol–water partition coefficient (Wildman–Crippen LogP) is 3.51. The number of rotatable bonds is 3. The molecule has 4 amide bonds. The molecule has 0 atom stereocenters. The Morgan fingerprint density at radius 1 is 0.604 bits per heavy atom. The number of ether oxygens (including phenoxy) is 2. The molecule has 0 aromatic rings. The van der Waals surface area contributed by atoms with Crippen molar-refractivity contribution < 1.29 is 38.6 Å². The predicted molar refractivity (Wildman–Crippen MR) is 179 cm³/mol. The third-order valence-corrected chi connectivity index (χ3v) is 10.4. The van der Waals surface area contributed by atoms with Gasteiger partial charge in [-0.2, -0.15) is 0 Å². The molecular formula is C35H59N5O8. The van der Waals surface area contributed by atoms with Gasteiger partial charge in [0.1, 0.15) is 11.2 Å². The largest absolute Gasteiger partial charge is 0.481 e. The Kier molecular flexibility index (Phi) is 10.5. The number of nitrogens with one attached hydrogen (secondary N) is 1. The molecule has 0 aromatic carbocycles. The zero-order valence-electron chi connectivity index (χ0n) is 30.8. The van der Waals surface area contributed by atoms with Gasteiger partial charge in [-0.1, -0.05) is 0 Å². The number of carboxylic acids is 1. The molecule has 272 valence electrons. The van der Waals surface area contributed by atoms with E-state index in [1.807, 2.05) is 55.6 Å². The van der Waals surface area contributed by atoms with Crippen LogP contribution in [0.3, 0.4) is 0 Å². The van der Waals surface area contributed by atoms with Crippen molar-refractivity contribution in [3.05, 3.63) is 0 Å². The van der Waals surface area contributed by atoms with Gasteiger partial charge in [-0.05, 0) is 85.5 Å². The van der Waals surface area contributed by atoms with Crippen molar-refractivity contribution in [2.24, 2.45) is 34.0 Å². The highest BCUT2D eigenvalue weighted by molar-refractivity contribution is 5.80. The van der Waals surface area contributed by atoms with E-state index in [0.717, 1.165) is 51.9 Å². The molecule has 13 heteroatoms. The van der Waals surface area contributed by atoms with Gasteiger partial charge in [0.15, 0.2) is 0 Å². The molecule has 6 fully saturated rings. The van der Waals surface area contributed by atoms with Crippen molar-refractivity contribution in [3.8, 4) is 0 Å². The monoisotopic (exact) mass is 677 g/mol. The van der Waals surface area contributed by atoms with Crippen molar-refractivity contribution in [1.29, 1.82) is 0 Å². The van der Waals surface area contributed by atoms with Gasteiger partial charge in [-0.25, -0.2) is 9.59 Å². The highest BCUT2D eigenvalue weighted by atomic mass is 16.6. The van der Waals surface area contributed by atoms with Gasteiger partial charge >= 0.3 is 18.2 Å². The van der Waals surface area contributed by atoms with E-state index < -0.39 is 17.2 Å². The number of carboxylic acid groups (broad SMARTS) is 1. The summed E-state index contributed by atoms with van der Waals surface area (Å²) in [6, 6.07) is 0. The van der Waals surface area contributed by atoms with Gasteiger partial charge in [0, 0.05) is 90.1 Å². The summed E-state index contributed by atoms with van der Waals surface area (Å²) in [6.45, 7) is 16.1. The first-order chi connectivity index (χ1) is 22.0. The van der Waals surface area contributed by atoms with Gasteiger partial charge in [-0.3, -0.25) is 14.4 Å². The lowest BCUT2D eigenvalue weighted by Gasteiger charge is -2.58. The summed E-state index contributed by atoms with van der Waals surface area (Å²) in [5.74, 6) is 0.0638. The van der Waals surface area contributed by atoms with Crippen LogP contribution in [-0.4, -0.2) is 133 Å². The maximum Gasteiger partial charge on any atom is 0.410 e. The SMILES string of the molecule is CC(C)(C)OC(=O)N1CC2(CC(C(=O)O)C2)C1.CN(C)C(=O)C1CC2(C1)CN(C(=O)OC(C)(C)C)C2.CN(C)C(=O)C1CC2(CNC2)C1. The minimum atomic E-state index is -0.716. The van der Waals surface area contributed by atoms with Crippen LogP contribution in [0.1, 0.15) is 80.1 Å². The number of hydrogen-bond acceptors (Lipinski definition) is 8. The zero-order valence-corrected chi connectivity index (χ0v) is 30.8. The van der Waals surface area contributed by atoms with E-state index in [0.29, 0.717) is 43.2 Å². The lowest BCUT2D eigenvalue weighted by atomic mass is 9.57. The van der Waals surface area contributed by atoms with Gasteiger partial charge in [0.05, 0.1) is 5.92 Å². The Morgan fingerprint density at radius 2 is 0.917 bits per heavy atom. The number of nitrogens with zero attached hydrogens (tertiary/aromatic N) is 4. The highest BCUT2D eigenvalue weighted by Gasteiger charge is 2.57. The minimum absolute atomic E-state index is 0.0694. The van der Waals surface area contributed by atoms with Crippen LogP contribution in [0.15, 0.2) is 0 Å². The summed E-state index contributed by atoms with van der Waals surface area (Å²) >= 11 is 0. The average molecular weight is 678 g/mol. The number of likely N-dealkylation sites (tertiary alicyclic amines) is 2. The molecule has 0 aromatic heterocycles. The number of carbonyl (C=O) groups excluding carboxylic acids is 4. The van der Waals surface area contributed by atoms with E-state index in [1.165, 1.54) is 0 Å². The van der Waals surface area contributed by atoms with Crippen molar-refractivity contribution in [1.82, 2.24) is 24.9 Å². The molecule has 3 aliphatic heterocycles. The van der Waals surface area contributed by atoms with Crippen LogP contribution in [-0.2, 0) is 23.9 Å². The molecule has 13 nitrogen and oxygen atoms in total. The third-order valence-electron chi connectivity index (χ3n) is 10.4. The van der Waals surface area contributed by atoms with E-state index in [-0.39, 0.29) is 40.8 Å². The van der Waals surface area contributed by atoms with Gasteiger partial charge < -0.3 is 39.5 Å². The smallest absolute Gasteiger partial charge is 0.410 e. The summed E-state index contributed by atoms with van der Waals surface area (Å²) < 4.78 is 10.6. The lowest BCUT2D eigenvalue weighted by Crippen LogP contribution is -2.65. The van der Waals surface area contributed by atoms with E-state index >= 15 is 0 Å². The van der Waals surface area contributed by atoms with Crippen LogP contribution in [0.25, 0.3) is 0 Å². The molecule has 3 heterocycles. The fourth-order valence-electron chi connectivity index (χ4n) is 7.93. The fourth-order valence-corrected chi connectivity index (χ4v) is 7.93. The second-order valence-corrected chi connectivity index (χ2v) is 17.9. The summed E-state index contributed by atoms with van der Waals surface area (Å²) in [6.07, 6.45) is 4.90. The van der Waals surface area contributed by atoms with Crippen LogP contribution in [0, 0.1) is 34.0 Å². The van der Waals surface area contributed by atoms with Crippen molar-refractivity contribution in [2.75, 3.05) is 67.5 Å². The Hall–Kier alpha value is -3.09. The van der Waals surface area contributed by atoms with Crippen molar-refractivity contribution >= 4 is 30.0 Å². The molecule has 6 rings (SSSR count). The molecular weight excluding hydrogens is 618 g/mol. The molecule has 48 heavy (non-hydrogen) atoms. The summed E-state index contributed by atoms with van der Waals surface area (Å²) in [4.78, 5) is 64.2. The Bertz CT molecular complexity index is 1230. The second kappa shape index (κ2) is 13.3. The first kappa shape index (κ1) is 37.7. The third kappa shape index (κ3) is 8.73. The molecule has 0 radical (unpaired) electrons. The Morgan fingerprint density at radius 3 is 1.17 bits per heavy atom. The van der Waals surface area contributed by atoms with Gasteiger partial charge in [0.25, 0.3) is 0 Å². The van der Waals surface area contributed by atoms with Crippen LogP contribution in [0.4, 0.5) is 9.59 Å². The normalized spacial score (nSPS) is 25.5. The topological polar surface area (TPSA) is 149 Å². The maximum absolute atomic E-state index is 11.8. The molecule has 3 spiro atoms. The zero-order chi connectivity index (χ0) is 36.0. The second-order valence-electron chi connectivity index (χ2n) is 17.9. The van der Waals surface area contributed by atoms with Gasteiger partial charge in [0.2, 0.25) is 11.8 Å². The average Bonchev–Trinajstić information content (AvgIpc) is 2.76. The number of hydrogen-bond donors (Lipinski definition) is 2. The Balaban J connectivity index is 0.000000166. The maximum atomic E-state index is 11.8. The van der Waals surface area contributed by atoms with Gasteiger partial charge in [-0.15, -0.1) is 0 Å². The number of amides is 4. The molecule has 6 aliphatic rings. The fraction of sp³-hybridized carbons (Fsp3) is 0.857. The van der Waals surface area contributed by atoms with E-state index in [4.69, 9.17) is 14.6 Å². The van der Waals surface area contributed by atoms with Crippen LogP contribution in [0.5, 0.6) is 0 Å². The first-order valence-corrected chi connectivity index (χ1v) is 17.3. The molecule has 2 N–H and O–H groups in total. The number of carbonyl (C=O) groups is 5.